The van der Waals surface area contributed by atoms with E-state index in [9.17, 15) is 4.79 Å². The number of rotatable bonds is 5. The molecule has 1 N–H and O–H groups in total. The van der Waals surface area contributed by atoms with Gasteiger partial charge in [0.25, 0.3) is 0 Å². The summed E-state index contributed by atoms with van der Waals surface area (Å²) in [7, 11) is 1.63. The van der Waals surface area contributed by atoms with Crippen molar-refractivity contribution < 1.29 is 14.3 Å². The molecule has 1 aromatic heterocycles. The average Bonchev–Trinajstić information content (AvgIpc) is 2.26. The van der Waals surface area contributed by atoms with Crippen molar-refractivity contribution in [3.8, 4) is 0 Å². The van der Waals surface area contributed by atoms with Crippen molar-refractivity contribution in [2.24, 2.45) is 0 Å². The standard InChI is InChI=1S/C13H19BrN2O3/c1-13(2,3)19-12(17)9-7-10(14)16-11(8-9)15-5-6-18-4/h7-8H,5-6H2,1-4H3,(H,15,16). The van der Waals surface area contributed by atoms with Gasteiger partial charge in [0.2, 0.25) is 0 Å². The van der Waals surface area contributed by atoms with Crippen LogP contribution in [0, 0.1) is 0 Å². The Hall–Kier alpha value is -1.14. The third-order valence-corrected chi connectivity index (χ3v) is 2.45. The second-order valence-electron chi connectivity index (χ2n) is 4.99. The predicted molar refractivity (Wildman–Crippen MR) is 77.5 cm³/mol. The van der Waals surface area contributed by atoms with E-state index in [-0.39, 0.29) is 5.97 Å². The molecule has 0 fully saturated rings. The fourth-order valence-electron chi connectivity index (χ4n) is 1.32. The quantitative estimate of drug-likeness (QED) is 0.511. The molecule has 106 valence electrons. The average molecular weight is 331 g/mol. The van der Waals surface area contributed by atoms with Gasteiger partial charge < -0.3 is 14.8 Å². The molecule has 1 rings (SSSR count). The van der Waals surface area contributed by atoms with E-state index in [0.717, 1.165) is 0 Å². The van der Waals surface area contributed by atoms with Gasteiger partial charge in [0, 0.05) is 13.7 Å². The number of carbonyl (C=O) groups is 1. The number of pyridine rings is 1. The highest BCUT2D eigenvalue weighted by Gasteiger charge is 2.18. The van der Waals surface area contributed by atoms with Crippen LogP contribution in [0.3, 0.4) is 0 Å². The van der Waals surface area contributed by atoms with E-state index in [1.165, 1.54) is 0 Å². The summed E-state index contributed by atoms with van der Waals surface area (Å²) >= 11 is 3.28. The first-order valence-electron chi connectivity index (χ1n) is 5.95. The maximum absolute atomic E-state index is 12.0. The fraction of sp³-hybridized carbons (Fsp3) is 0.538. The third kappa shape index (κ3) is 6.02. The number of ether oxygens (including phenoxy) is 2. The van der Waals surface area contributed by atoms with Crippen LogP contribution in [0.2, 0.25) is 0 Å². The monoisotopic (exact) mass is 330 g/mol. The zero-order chi connectivity index (χ0) is 14.5. The van der Waals surface area contributed by atoms with Crippen molar-refractivity contribution in [1.29, 1.82) is 0 Å². The lowest BCUT2D eigenvalue weighted by molar-refractivity contribution is 0.00694. The summed E-state index contributed by atoms with van der Waals surface area (Å²) in [6.07, 6.45) is 0. The van der Waals surface area contributed by atoms with Gasteiger partial charge in [-0.05, 0) is 48.8 Å². The minimum Gasteiger partial charge on any atom is -0.456 e. The number of aromatic nitrogens is 1. The lowest BCUT2D eigenvalue weighted by Crippen LogP contribution is -2.24. The topological polar surface area (TPSA) is 60.5 Å². The molecule has 0 atom stereocenters. The van der Waals surface area contributed by atoms with Crippen molar-refractivity contribution in [2.45, 2.75) is 26.4 Å². The molecule has 5 nitrogen and oxygen atoms in total. The molecule has 19 heavy (non-hydrogen) atoms. The third-order valence-electron chi connectivity index (χ3n) is 2.04. The Labute approximate surface area is 121 Å². The van der Waals surface area contributed by atoms with Gasteiger partial charge in [0.05, 0.1) is 12.2 Å². The maximum Gasteiger partial charge on any atom is 0.338 e. The van der Waals surface area contributed by atoms with Gasteiger partial charge in [-0.2, -0.15) is 0 Å². The first-order valence-corrected chi connectivity index (χ1v) is 6.75. The van der Waals surface area contributed by atoms with Gasteiger partial charge in [-0.3, -0.25) is 0 Å². The van der Waals surface area contributed by atoms with Crippen LogP contribution in [0.5, 0.6) is 0 Å². The molecule has 0 aliphatic rings. The molecule has 0 aromatic carbocycles. The molecule has 0 unspecified atom stereocenters. The molecular formula is C13H19BrN2O3. The molecule has 0 amide bonds. The van der Waals surface area contributed by atoms with Gasteiger partial charge in [0.1, 0.15) is 16.0 Å². The summed E-state index contributed by atoms with van der Waals surface area (Å²) in [4.78, 5) is 16.2. The number of nitrogens with zero attached hydrogens (tertiary/aromatic N) is 1. The number of carbonyl (C=O) groups excluding carboxylic acids is 1. The summed E-state index contributed by atoms with van der Waals surface area (Å²) in [6, 6.07) is 3.30. The van der Waals surface area contributed by atoms with Crippen molar-refractivity contribution in [3.63, 3.8) is 0 Å². The molecule has 0 saturated carbocycles. The minimum atomic E-state index is -0.517. The molecule has 6 heteroatoms. The van der Waals surface area contributed by atoms with Crippen molar-refractivity contribution in [3.05, 3.63) is 22.3 Å². The van der Waals surface area contributed by atoms with Crippen LogP contribution in [0.4, 0.5) is 5.82 Å². The number of hydrogen-bond acceptors (Lipinski definition) is 5. The van der Waals surface area contributed by atoms with Crippen molar-refractivity contribution in [1.82, 2.24) is 4.98 Å². The second-order valence-corrected chi connectivity index (χ2v) is 5.80. The molecule has 0 bridgehead atoms. The number of halogens is 1. The smallest absolute Gasteiger partial charge is 0.338 e. The van der Waals surface area contributed by atoms with E-state index >= 15 is 0 Å². The van der Waals surface area contributed by atoms with Crippen LogP contribution in [0.1, 0.15) is 31.1 Å². The van der Waals surface area contributed by atoms with E-state index in [1.54, 1.807) is 19.2 Å². The number of methoxy groups -OCH3 is 1. The Balaban J connectivity index is 2.81. The fourth-order valence-corrected chi connectivity index (χ4v) is 1.76. The number of esters is 1. The Morgan fingerprint density at radius 1 is 1.42 bits per heavy atom. The van der Waals surface area contributed by atoms with Gasteiger partial charge in [0.15, 0.2) is 0 Å². The van der Waals surface area contributed by atoms with Crippen molar-refractivity contribution >= 4 is 27.7 Å². The van der Waals surface area contributed by atoms with E-state index in [2.05, 4.69) is 26.2 Å². The number of hydrogen-bond donors (Lipinski definition) is 1. The molecule has 1 aromatic rings. The number of anilines is 1. The molecule has 0 spiro atoms. The molecule has 1 heterocycles. The summed E-state index contributed by atoms with van der Waals surface area (Å²) in [6.45, 7) is 6.68. The lowest BCUT2D eigenvalue weighted by Gasteiger charge is -2.19. The first-order chi connectivity index (χ1) is 8.81. The van der Waals surface area contributed by atoms with Crippen LogP contribution in [-0.4, -0.2) is 36.8 Å². The van der Waals surface area contributed by atoms with Crippen LogP contribution >= 0.6 is 15.9 Å². The minimum absolute atomic E-state index is 0.370. The highest BCUT2D eigenvalue weighted by molar-refractivity contribution is 9.10. The van der Waals surface area contributed by atoms with Gasteiger partial charge in [-0.15, -0.1) is 0 Å². The Morgan fingerprint density at radius 2 is 2.11 bits per heavy atom. The van der Waals surface area contributed by atoms with E-state index < -0.39 is 5.60 Å². The molecular weight excluding hydrogens is 312 g/mol. The zero-order valence-corrected chi connectivity index (χ0v) is 13.2. The number of nitrogens with one attached hydrogen (secondary N) is 1. The van der Waals surface area contributed by atoms with E-state index in [0.29, 0.717) is 29.1 Å². The van der Waals surface area contributed by atoms with Crippen LogP contribution in [0.25, 0.3) is 0 Å². The second kappa shape index (κ2) is 6.86. The summed E-state index contributed by atoms with van der Waals surface area (Å²) in [5.41, 5.74) is -0.0621. The highest BCUT2D eigenvalue weighted by atomic mass is 79.9. The molecule has 0 radical (unpaired) electrons. The van der Waals surface area contributed by atoms with Crippen LogP contribution in [0.15, 0.2) is 16.7 Å². The molecule has 0 saturated heterocycles. The van der Waals surface area contributed by atoms with Gasteiger partial charge in [-0.1, -0.05) is 0 Å². The van der Waals surface area contributed by atoms with E-state index in [1.807, 2.05) is 20.8 Å². The first kappa shape index (κ1) is 15.9. The Bertz CT molecular complexity index is 444. The predicted octanol–water partition coefficient (Wildman–Crippen LogP) is 2.86. The summed E-state index contributed by atoms with van der Waals surface area (Å²) in [5, 5.41) is 3.07. The Morgan fingerprint density at radius 3 is 2.68 bits per heavy atom. The summed E-state index contributed by atoms with van der Waals surface area (Å²) in [5.74, 6) is 0.234. The maximum atomic E-state index is 12.0. The van der Waals surface area contributed by atoms with Crippen molar-refractivity contribution in [2.75, 3.05) is 25.6 Å². The Kier molecular flexibility index (Phi) is 5.75. The van der Waals surface area contributed by atoms with Crippen LogP contribution in [-0.2, 0) is 9.47 Å². The van der Waals surface area contributed by atoms with Gasteiger partial charge >= 0.3 is 5.97 Å². The molecule has 0 aliphatic heterocycles. The van der Waals surface area contributed by atoms with E-state index in [4.69, 9.17) is 9.47 Å². The lowest BCUT2D eigenvalue weighted by atomic mass is 10.2. The zero-order valence-electron chi connectivity index (χ0n) is 11.6. The SMILES string of the molecule is COCCNc1cc(C(=O)OC(C)(C)C)cc(Br)n1. The van der Waals surface area contributed by atoms with Crippen LogP contribution < -0.4 is 5.32 Å². The summed E-state index contributed by atoms with van der Waals surface area (Å²) < 4.78 is 10.8. The largest absolute Gasteiger partial charge is 0.456 e. The molecule has 0 aliphatic carbocycles. The normalized spacial score (nSPS) is 11.2. The highest BCUT2D eigenvalue weighted by Crippen LogP contribution is 2.18. The van der Waals surface area contributed by atoms with Gasteiger partial charge in [-0.25, -0.2) is 9.78 Å².